The number of rotatable bonds is 6. The molecule has 2 fully saturated rings. The summed E-state index contributed by atoms with van der Waals surface area (Å²) in [4.78, 5) is 28.8. The monoisotopic (exact) mass is 537 g/mol. The number of hydrogen-bond acceptors (Lipinski definition) is 7. The fourth-order valence-electron chi connectivity index (χ4n) is 5.54. The van der Waals surface area contributed by atoms with Crippen LogP contribution in [0.5, 0.6) is 5.75 Å². The van der Waals surface area contributed by atoms with Gasteiger partial charge in [0.05, 0.1) is 19.1 Å². The third kappa shape index (κ3) is 5.85. The summed E-state index contributed by atoms with van der Waals surface area (Å²) >= 11 is 0. The molecule has 0 radical (unpaired) electrons. The van der Waals surface area contributed by atoms with Gasteiger partial charge in [0.1, 0.15) is 12.1 Å². The summed E-state index contributed by atoms with van der Waals surface area (Å²) in [5.74, 6) is -1.67. The van der Waals surface area contributed by atoms with E-state index in [2.05, 4.69) is 31.4 Å². The second-order valence-electron chi connectivity index (χ2n) is 10.0. The minimum Gasteiger partial charge on any atom is -0.403 e. The highest BCUT2D eigenvalue weighted by Gasteiger charge is 2.35. The van der Waals surface area contributed by atoms with Gasteiger partial charge in [-0.25, -0.2) is 14.4 Å². The highest BCUT2D eigenvalue weighted by atomic mass is 19.4. The summed E-state index contributed by atoms with van der Waals surface area (Å²) in [6.07, 6.45) is -1.42. The molecule has 12 heteroatoms. The summed E-state index contributed by atoms with van der Waals surface area (Å²) in [5.41, 5.74) is 2.60. The van der Waals surface area contributed by atoms with E-state index in [1.807, 2.05) is 0 Å². The van der Waals surface area contributed by atoms with Gasteiger partial charge in [-0.1, -0.05) is 13.0 Å². The quantitative estimate of drug-likeness (QED) is 0.524. The molecule has 38 heavy (non-hydrogen) atoms. The standard InChI is InChI=1S/C26H31F4N5O3/c1-17-2-4-21-23(17)24(32-16-31-21)34-6-8-35(9-7-34)25(36)19(15-33-10-12-37-13-11-33)18-3-5-22(20(27)14-18)38-26(28,29)30/h3,5,14,16-17,19H,2,4,6-13,15H2,1H3/t17-,19-/m1/s1. The predicted octanol–water partition coefficient (Wildman–Crippen LogP) is 3.33. The van der Waals surface area contributed by atoms with Gasteiger partial charge in [-0.2, -0.15) is 0 Å². The van der Waals surface area contributed by atoms with Gasteiger partial charge in [-0.15, -0.1) is 13.2 Å². The maximum Gasteiger partial charge on any atom is 0.573 e. The highest BCUT2D eigenvalue weighted by molar-refractivity contribution is 5.84. The first-order chi connectivity index (χ1) is 18.2. The van der Waals surface area contributed by atoms with E-state index in [0.29, 0.717) is 70.5 Å². The lowest BCUT2D eigenvalue weighted by molar-refractivity contribution is -0.275. The van der Waals surface area contributed by atoms with E-state index in [0.717, 1.165) is 36.5 Å². The number of aromatic nitrogens is 2. The van der Waals surface area contributed by atoms with Crippen molar-refractivity contribution in [1.82, 2.24) is 19.8 Å². The van der Waals surface area contributed by atoms with Gasteiger partial charge >= 0.3 is 6.36 Å². The lowest BCUT2D eigenvalue weighted by atomic mass is 9.95. The Balaban J connectivity index is 1.32. The second kappa shape index (κ2) is 11.0. The number of piperazine rings is 1. The maximum atomic E-state index is 14.6. The molecule has 2 atom stereocenters. The van der Waals surface area contributed by atoms with Crippen LogP contribution in [0.2, 0.25) is 0 Å². The molecule has 0 unspecified atom stereocenters. The number of carbonyl (C=O) groups is 1. The maximum absolute atomic E-state index is 14.6. The van der Waals surface area contributed by atoms with Crippen LogP contribution >= 0.6 is 0 Å². The molecule has 0 saturated carbocycles. The number of nitrogens with zero attached hydrogens (tertiary/aromatic N) is 5. The molecule has 0 N–H and O–H groups in total. The molecule has 5 rings (SSSR count). The first kappa shape index (κ1) is 26.6. The smallest absolute Gasteiger partial charge is 0.403 e. The zero-order chi connectivity index (χ0) is 26.9. The van der Waals surface area contributed by atoms with Crippen LogP contribution in [-0.4, -0.2) is 91.1 Å². The Morgan fingerprint density at radius 1 is 1.13 bits per heavy atom. The minimum absolute atomic E-state index is 0.179. The fourth-order valence-corrected chi connectivity index (χ4v) is 5.54. The van der Waals surface area contributed by atoms with E-state index < -0.39 is 23.8 Å². The predicted molar refractivity (Wildman–Crippen MR) is 131 cm³/mol. The minimum atomic E-state index is -5.01. The number of halogens is 4. The third-order valence-corrected chi connectivity index (χ3v) is 7.57. The molecular weight excluding hydrogens is 506 g/mol. The number of hydrogen-bond donors (Lipinski definition) is 0. The fraction of sp³-hybridized carbons (Fsp3) is 0.577. The average molecular weight is 538 g/mol. The first-order valence-corrected chi connectivity index (χ1v) is 12.9. The summed E-state index contributed by atoms with van der Waals surface area (Å²) < 4.78 is 61.7. The molecular formula is C26H31F4N5O3. The van der Waals surface area contributed by atoms with Gasteiger partial charge in [-0.3, -0.25) is 9.69 Å². The van der Waals surface area contributed by atoms with E-state index in [-0.39, 0.29) is 5.91 Å². The van der Waals surface area contributed by atoms with Crippen molar-refractivity contribution in [1.29, 1.82) is 0 Å². The van der Waals surface area contributed by atoms with Crippen molar-refractivity contribution in [3.8, 4) is 5.75 Å². The zero-order valence-electron chi connectivity index (χ0n) is 21.2. The van der Waals surface area contributed by atoms with Gasteiger partial charge in [0.25, 0.3) is 0 Å². The van der Waals surface area contributed by atoms with Gasteiger partial charge in [0.2, 0.25) is 5.91 Å². The number of carbonyl (C=O) groups excluding carboxylic acids is 1. The van der Waals surface area contributed by atoms with E-state index in [1.165, 1.54) is 11.6 Å². The van der Waals surface area contributed by atoms with Crippen molar-refractivity contribution in [3.63, 3.8) is 0 Å². The number of aryl methyl sites for hydroxylation is 1. The van der Waals surface area contributed by atoms with E-state index in [9.17, 15) is 22.4 Å². The first-order valence-electron chi connectivity index (χ1n) is 12.9. The zero-order valence-corrected chi connectivity index (χ0v) is 21.2. The van der Waals surface area contributed by atoms with Crippen molar-refractivity contribution in [2.45, 2.75) is 38.0 Å². The Bertz CT molecular complexity index is 1150. The molecule has 0 spiro atoms. The SMILES string of the molecule is C[C@@H]1CCc2ncnc(N3CCN(C(=O)[C@H](CN4CCOCC4)c4ccc(OC(F)(F)F)c(F)c4)CC3)c21. The van der Waals surface area contributed by atoms with Gasteiger partial charge < -0.3 is 19.3 Å². The molecule has 0 bridgehead atoms. The lowest BCUT2D eigenvalue weighted by Crippen LogP contribution is -2.52. The highest BCUT2D eigenvalue weighted by Crippen LogP contribution is 2.37. The number of morpholine rings is 1. The number of alkyl halides is 3. The normalized spacial score (nSPS) is 21.3. The summed E-state index contributed by atoms with van der Waals surface area (Å²) in [6.45, 7) is 6.89. The van der Waals surface area contributed by atoms with E-state index in [1.54, 1.807) is 11.2 Å². The van der Waals surface area contributed by atoms with E-state index >= 15 is 0 Å². The molecule has 1 amide bonds. The molecule has 3 aliphatic rings. The van der Waals surface area contributed by atoms with Gasteiger partial charge in [-0.05, 0) is 36.5 Å². The number of benzene rings is 1. The molecule has 8 nitrogen and oxygen atoms in total. The average Bonchev–Trinajstić information content (AvgIpc) is 3.29. The molecule has 1 aromatic heterocycles. The molecule has 2 aromatic rings. The Morgan fingerprint density at radius 2 is 1.87 bits per heavy atom. The van der Waals surface area contributed by atoms with Crippen LogP contribution in [-0.2, 0) is 16.0 Å². The van der Waals surface area contributed by atoms with Crippen molar-refractivity contribution in [2.75, 3.05) is 63.9 Å². The summed E-state index contributed by atoms with van der Waals surface area (Å²) in [6, 6.07) is 3.26. The van der Waals surface area contributed by atoms with E-state index in [4.69, 9.17) is 4.74 Å². The lowest BCUT2D eigenvalue weighted by Gasteiger charge is -2.39. The third-order valence-electron chi connectivity index (χ3n) is 7.57. The van der Waals surface area contributed by atoms with Crippen molar-refractivity contribution < 1.29 is 31.8 Å². The number of anilines is 1. The summed E-state index contributed by atoms with van der Waals surface area (Å²) in [7, 11) is 0. The molecule has 1 aliphatic carbocycles. The number of ether oxygens (including phenoxy) is 2. The van der Waals surface area contributed by atoms with Crippen molar-refractivity contribution in [3.05, 3.63) is 47.2 Å². The van der Waals surface area contributed by atoms with Crippen LogP contribution in [0, 0.1) is 5.82 Å². The van der Waals surface area contributed by atoms with Gasteiger partial charge in [0, 0.05) is 57.1 Å². The molecule has 3 heterocycles. The van der Waals surface area contributed by atoms with Crippen molar-refractivity contribution >= 4 is 11.7 Å². The topological polar surface area (TPSA) is 71.0 Å². The largest absolute Gasteiger partial charge is 0.573 e. The van der Waals surface area contributed by atoms with Crippen molar-refractivity contribution in [2.24, 2.45) is 0 Å². The van der Waals surface area contributed by atoms with Crippen LogP contribution in [0.15, 0.2) is 24.5 Å². The Labute approximate surface area is 218 Å². The summed E-state index contributed by atoms with van der Waals surface area (Å²) in [5, 5.41) is 0. The second-order valence-corrected chi connectivity index (χ2v) is 10.0. The Morgan fingerprint density at radius 3 is 2.55 bits per heavy atom. The Kier molecular flexibility index (Phi) is 7.71. The molecule has 206 valence electrons. The van der Waals surface area contributed by atoms with Crippen LogP contribution in [0.1, 0.15) is 42.0 Å². The molecule has 2 aliphatic heterocycles. The number of fused-ring (bicyclic) bond motifs is 1. The number of amides is 1. The van der Waals surface area contributed by atoms with Crippen LogP contribution in [0.3, 0.4) is 0 Å². The molecule has 2 saturated heterocycles. The van der Waals surface area contributed by atoms with Crippen LogP contribution in [0.4, 0.5) is 23.4 Å². The van der Waals surface area contributed by atoms with Crippen LogP contribution in [0.25, 0.3) is 0 Å². The Hall–Kier alpha value is -2.99. The molecule has 1 aromatic carbocycles. The van der Waals surface area contributed by atoms with Crippen LogP contribution < -0.4 is 9.64 Å². The van der Waals surface area contributed by atoms with Gasteiger partial charge in [0.15, 0.2) is 11.6 Å².